The smallest absolute Gasteiger partial charge is 0.409 e. The number of aromatic nitrogens is 2. The molecule has 3 fully saturated rings. The molecule has 16 nitrogen and oxygen atoms in total. The van der Waals surface area contributed by atoms with Crippen LogP contribution in [0.1, 0.15) is 55.9 Å². The van der Waals surface area contributed by atoms with Crippen molar-refractivity contribution in [2.24, 2.45) is 0 Å². The van der Waals surface area contributed by atoms with Gasteiger partial charge in [0.1, 0.15) is 12.1 Å². The lowest BCUT2D eigenvalue weighted by molar-refractivity contribution is -0.140. The first-order chi connectivity index (χ1) is 23.7. The van der Waals surface area contributed by atoms with Gasteiger partial charge in [-0.2, -0.15) is 5.10 Å². The van der Waals surface area contributed by atoms with Gasteiger partial charge in [0.25, 0.3) is 11.8 Å². The van der Waals surface area contributed by atoms with E-state index >= 15 is 0 Å². The van der Waals surface area contributed by atoms with Crippen molar-refractivity contribution in [2.75, 3.05) is 52.5 Å². The van der Waals surface area contributed by atoms with Gasteiger partial charge in [-0.3, -0.25) is 19.2 Å². The van der Waals surface area contributed by atoms with Crippen molar-refractivity contribution >= 4 is 29.7 Å². The lowest BCUT2D eigenvalue weighted by atomic mass is 9.93. The van der Waals surface area contributed by atoms with Crippen LogP contribution in [0.25, 0.3) is 5.69 Å². The van der Waals surface area contributed by atoms with Crippen LogP contribution in [0, 0.1) is 0 Å². The Kier molecular flexibility index (Phi) is 12.1. The second kappa shape index (κ2) is 16.6. The normalized spacial score (nSPS) is 19.1. The Morgan fingerprint density at radius 2 is 1.69 bits per heavy atom. The van der Waals surface area contributed by atoms with Crippen molar-refractivity contribution in [3.8, 4) is 11.6 Å². The van der Waals surface area contributed by atoms with E-state index < -0.39 is 49.3 Å². The maximum Gasteiger partial charge on any atom is 0.409 e. The van der Waals surface area contributed by atoms with Crippen LogP contribution in [0.15, 0.2) is 36.4 Å². The molecule has 2 saturated heterocycles. The number of rotatable bonds is 13. The van der Waals surface area contributed by atoms with Gasteiger partial charge < -0.3 is 45.0 Å². The molecule has 49 heavy (non-hydrogen) atoms. The van der Waals surface area contributed by atoms with E-state index in [1.807, 2.05) is 6.07 Å². The maximum atomic E-state index is 13.6. The highest BCUT2D eigenvalue weighted by molar-refractivity contribution is 5.96. The summed E-state index contributed by atoms with van der Waals surface area (Å²) >= 11 is 0. The molecule has 0 spiro atoms. The molecule has 5 rings (SSSR count). The summed E-state index contributed by atoms with van der Waals surface area (Å²) in [5.74, 6) is -1.67. The number of benzene rings is 1. The van der Waals surface area contributed by atoms with Crippen LogP contribution in [0.3, 0.4) is 0 Å². The molecule has 16 heteroatoms. The molecule has 5 amide bonds. The predicted molar refractivity (Wildman–Crippen MR) is 174 cm³/mol. The molecular weight excluding hydrogens is 638 g/mol. The van der Waals surface area contributed by atoms with Gasteiger partial charge in [-0.05, 0) is 51.2 Å². The number of para-hydroxylation sites is 1. The van der Waals surface area contributed by atoms with E-state index in [0.29, 0.717) is 25.1 Å². The van der Waals surface area contributed by atoms with E-state index in [4.69, 9.17) is 9.47 Å². The summed E-state index contributed by atoms with van der Waals surface area (Å²) in [6, 6.07) is 8.57. The summed E-state index contributed by atoms with van der Waals surface area (Å²) < 4.78 is 12.3. The Labute approximate surface area is 284 Å². The number of aliphatic hydroxyl groups excluding tert-OH is 2. The number of hydrogen-bond donors (Lipinski definition) is 4. The molecule has 266 valence electrons. The number of likely N-dealkylation sites (tertiary alicyclic amines) is 1. The molecule has 3 unspecified atom stereocenters. The third kappa shape index (κ3) is 8.86. The van der Waals surface area contributed by atoms with Crippen molar-refractivity contribution in [3.63, 3.8) is 0 Å². The Morgan fingerprint density at radius 3 is 2.35 bits per heavy atom. The van der Waals surface area contributed by atoms with E-state index in [0.717, 1.165) is 19.3 Å². The minimum Gasteiger partial charge on any atom is -0.467 e. The van der Waals surface area contributed by atoms with E-state index in [2.05, 4.69) is 15.7 Å². The summed E-state index contributed by atoms with van der Waals surface area (Å²) in [6.45, 7) is 2.20. The Balaban J connectivity index is 1.28. The van der Waals surface area contributed by atoms with Gasteiger partial charge in [-0.15, -0.1) is 0 Å². The van der Waals surface area contributed by atoms with Gasteiger partial charge in [0.15, 0.2) is 12.3 Å². The van der Waals surface area contributed by atoms with E-state index in [1.165, 1.54) is 25.4 Å². The molecule has 1 saturated carbocycles. The second-order valence-corrected chi connectivity index (χ2v) is 12.4. The van der Waals surface area contributed by atoms with Gasteiger partial charge in [0, 0.05) is 51.3 Å². The largest absolute Gasteiger partial charge is 0.467 e. The Bertz CT molecular complexity index is 1470. The van der Waals surface area contributed by atoms with Crippen LogP contribution < -0.4 is 15.4 Å². The molecule has 2 aliphatic heterocycles. The number of carbonyl (C=O) groups is 5. The molecule has 0 radical (unpaired) electrons. The average molecular weight is 684 g/mol. The fourth-order valence-corrected chi connectivity index (χ4v) is 6.08. The number of nitrogens with zero attached hydrogens (tertiary/aromatic N) is 5. The molecular formula is C33H45N7O9. The van der Waals surface area contributed by atoms with Crippen molar-refractivity contribution in [3.05, 3.63) is 42.1 Å². The highest BCUT2D eigenvalue weighted by atomic mass is 16.6. The van der Waals surface area contributed by atoms with E-state index in [-0.39, 0.29) is 68.6 Å². The zero-order valence-electron chi connectivity index (χ0n) is 27.7. The molecule has 1 aromatic heterocycles. The van der Waals surface area contributed by atoms with Gasteiger partial charge in [-0.25, -0.2) is 9.48 Å². The monoisotopic (exact) mass is 683 g/mol. The van der Waals surface area contributed by atoms with Crippen LogP contribution >= 0.6 is 0 Å². The fraction of sp³-hybridized carbons (Fsp3) is 0.576. The number of hydrogen-bond acceptors (Lipinski definition) is 10. The zero-order chi connectivity index (χ0) is 34.9. The van der Waals surface area contributed by atoms with Gasteiger partial charge in [0.2, 0.25) is 17.7 Å². The first kappa shape index (κ1) is 35.6. The van der Waals surface area contributed by atoms with Crippen molar-refractivity contribution in [1.29, 1.82) is 0 Å². The van der Waals surface area contributed by atoms with Crippen molar-refractivity contribution < 1.29 is 43.7 Å². The van der Waals surface area contributed by atoms with Crippen LogP contribution in [0.5, 0.6) is 5.88 Å². The number of aliphatic hydroxyl groups is 2. The summed E-state index contributed by atoms with van der Waals surface area (Å²) in [5.41, 5.74) is 0.430. The SMILES string of the molecule is CCOC(=O)N1CCN(C(=O)C(CC(O)CO)NC(=O)c2cc(OCC(=O)N3CCCC3C(=O)NC3CCC3)n(-c3ccccc3)n2)CC1. The van der Waals surface area contributed by atoms with Gasteiger partial charge in [-0.1, -0.05) is 18.2 Å². The van der Waals surface area contributed by atoms with Crippen molar-refractivity contribution in [1.82, 2.24) is 35.1 Å². The van der Waals surface area contributed by atoms with Gasteiger partial charge >= 0.3 is 6.09 Å². The molecule has 3 aliphatic rings. The first-order valence-corrected chi connectivity index (χ1v) is 16.9. The molecule has 3 heterocycles. The lowest BCUT2D eigenvalue weighted by Gasteiger charge is -2.36. The minimum atomic E-state index is -1.29. The first-order valence-electron chi connectivity index (χ1n) is 16.9. The summed E-state index contributed by atoms with van der Waals surface area (Å²) in [6.07, 6.45) is 2.22. The third-order valence-corrected chi connectivity index (χ3v) is 9.02. The molecule has 2 aromatic rings. The van der Waals surface area contributed by atoms with Gasteiger partial charge in [0.05, 0.1) is 25.0 Å². The Hall–Kier alpha value is -4.70. The maximum absolute atomic E-state index is 13.6. The van der Waals surface area contributed by atoms with Crippen LogP contribution in [0.2, 0.25) is 0 Å². The topological polar surface area (TPSA) is 196 Å². The highest BCUT2D eigenvalue weighted by Crippen LogP contribution is 2.24. The minimum absolute atomic E-state index is 0.0905. The zero-order valence-corrected chi connectivity index (χ0v) is 27.7. The molecule has 3 atom stereocenters. The number of ether oxygens (including phenoxy) is 2. The Morgan fingerprint density at radius 1 is 0.980 bits per heavy atom. The number of carbonyl (C=O) groups excluding carboxylic acids is 5. The van der Waals surface area contributed by atoms with Crippen LogP contribution in [-0.2, 0) is 19.1 Å². The number of piperazine rings is 1. The molecule has 0 bridgehead atoms. The average Bonchev–Trinajstić information content (AvgIpc) is 3.77. The summed E-state index contributed by atoms with van der Waals surface area (Å²) in [4.78, 5) is 69.8. The third-order valence-electron chi connectivity index (χ3n) is 9.02. The quantitative estimate of drug-likeness (QED) is 0.224. The van der Waals surface area contributed by atoms with Crippen molar-refractivity contribution in [2.45, 2.75) is 69.7 Å². The second-order valence-electron chi connectivity index (χ2n) is 12.4. The summed E-state index contributed by atoms with van der Waals surface area (Å²) in [5, 5.41) is 29.8. The van der Waals surface area contributed by atoms with E-state index in [9.17, 15) is 34.2 Å². The number of nitrogens with one attached hydrogen (secondary N) is 2. The predicted octanol–water partition coefficient (Wildman–Crippen LogP) is 0.0532. The standard InChI is InChI=1S/C33H45N7O9/c1-2-48-33(47)38-16-14-37(15-17-38)32(46)26(18-24(42)20-41)35-30(44)25-19-29(40(36-25)23-10-4-3-5-11-23)49-21-28(43)39-13-7-12-27(39)31(45)34-22-8-6-9-22/h3-5,10-11,19,22,24,26-27,41-42H,2,6-9,12-18,20-21H2,1H3,(H,34,45)(H,35,44). The summed E-state index contributed by atoms with van der Waals surface area (Å²) in [7, 11) is 0. The molecule has 4 N–H and O–H groups in total. The van der Waals surface area contributed by atoms with Crippen LogP contribution in [0.4, 0.5) is 4.79 Å². The molecule has 1 aromatic carbocycles. The highest BCUT2D eigenvalue weighted by Gasteiger charge is 2.36. The number of amides is 5. The van der Waals surface area contributed by atoms with E-state index in [1.54, 1.807) is 31.2 Å². The molecule has 1 aliphatic carbocycles. The fourth-order valence-electron chi connectivity index (χ4n) is 6.08. The van der Waals surface area contributed by atoms with Crippen LogP contribution in [-0.4, -0.2) is 141 Å². The lowest BCUT2D eigenvalue weighted by Crippen LogP contribution is -2.56.